The highest BCUT2D eigenvalue weighted by Crippen LogP contribution is 2.23. The van der Waals surface area contributed by atoms with E-state index in [4.69, 9.17) is 4.74 Å². The number of carbonyl (C=O) groups is 2. The summed E-state index contributed by atoms with van der Waals surface area (Å²) in [7, 11) is 0. The average molecular weight is 328 g/mol. The third kappa shape index (κ3) is 2.75. The summed E-state index contributed by atoms with van der Waals surface area (Å²) in [5, 5.41) is 6.06. The number of aromatic nitrogens is 2. The zero-order chi connectivity index (χ0) is 16.5. The fourth-order valence-electron chi connectivity index (χ4n) is 3.57. The Morgan fingerprint density at radius 3 is 3.12 bits per heavy atom. The number of hydrogen-bond donors (Lipinski definition) is 2. The minimum atomic E-state index is -0.183. The normalized spacial score (nSPS) is 27.2. The van der Waals surface area contributed by atoms with Crippen LogP contribution in [0.2, 0.25) is 0 Å². The summed E-state index contributed by atoms with van der Waals surface area (Å²) in [5.41, 5.74) is 1.23. The van der Waals surface area contributed by atoms with Crippen molar-refractivity contribution >= 4 is 17.5 Å². The van der Waals surface area contributed by atoms with Crippen molar-refractivity contribution in [3.63, 3.8) is 0 Å². The molecule has 3 atom stereocenters. The number of hydrogen-bond acceptors (Lipinski definition) is 4. The molecule has 2 fully saturated rings. The van der Waals surface area contributed by atoms with Crippen molar-refractivity contribution < 1.29 is 14.3 Å². The summed E-state index contributed by atoms with van der Waals surface area (Å²) in [4.78, 5) is 28.7. The first-order chi connectivity index (χ1) is 11.7. The maximum absolute atomic E-state index is 12.7. The number of nitrogens with one attached hydrogen (secondary N) is 2. The lowest BCUT2D eigenvalue weighted by Crippen LogP contribution is -2.60. The molecule has 0 radical (unpaired) electrons. The molecule has 4 heterocycles. The summed E-state index contributed by atoms with van der Waals surface area (Å²) < 4.78 is 7.49. The molecule has 0 aromatic carbocycles. The Morgan fingerprint density at radius 1 is 1.38 bits per heavy atom. The summed E-state index contributed by atoms with van der Waals surface area (Å²) in [6.07, 6.45) is 6.31. The number of imidazole rings is 1. The van der Waals surface area contributed by atoms with Gasteiger partial charge < -0.3 is 15.4 Å². The van der Waals surface area contributed by atoms with Crippen LogP contribution in [0.15, 0.2) is 30.6 Å². The molecule has 24 heavy (non-hydrogen) atoms. The van der Waals surface area contributed by atoms with Gasteiger partial charge in [-0.05, 0) is 31.4 Å². The maximum atomic E-state index is 12.7. The molecule has 0 saturated carbocycles. The molecule has 4 rings (SSSR count). The number of amides is 2. The molecule has 2 aromatic heterocycles. The predicted octanol–water partition coefficient (Wildman–Crippen LogP) is 0.890. The molecule has 2 amide bonds. The molecule has 7 heteroatoms. The monoisotopic (exact) mass is 328 g/mol. The second kappa shape index (κ2) is 6.24. The Bertz CT molecular complexity index is 766. The largest absolute Gasteiger partial charge is 0.376 e. The van der Waals surface area contributed by atoms with E-state index in [1.54, 1.807) is 10.6 Å². The molecule has 0 spiro atoms. The third-order valence-electron chi connectivity index (χ3n) is 4.78. The summed E-state index contributed by atoms with van der Waals surface area (Å²) in [6, 6.07) is 5.30. The Labute approximate surface area is 139 Å². The molecule has 2 aliphatic rings. The van der Waals surface area contributed by atoms with E-state index in [-0.39, 0.29) is 30.0 Å². The van der Waals surface area contributed by atoms with Gasteiger partial charge in [0.1, 0.15) is 11.3 Å². The van der Waals surface area contributed by atoms with Crippen LogP contribution >= 0.6 is 0 Å². The van der Waals surface area contributed by atoms with Gasteiger partial charge in [-0.15, -0.1) is 0 Å². The van der Waals surface area contributed by atoms with Crippen LogP contribution in [0.4, 0.5) is 0 Å². The molecule has 0 bridgehead atoms. The topological polar surface area (TPSA) is 84.7 Å². The lowest BCUT2D eigenvalue weighted by molar-refractivity contribution is -0.125. The molecule has 126 valence electrons. The second-order valence-corrected chi connectivity index (χ2v) is 6.34. The number of pyridine rings is 1. The molecule has 1 unspecified atom stereocenters. The Morgan fingerprint density at radius 2 is 2.29 bits per heavy atom. The molecule has 2 N–H and O–H groups in total. The molecule has 2 saturated heterocycles. The highest BCUT2D eigenvalue weighted by molar-refractivity contribution is 5.93. The van der Waals surface area contributed by atoms with Gasteiger partial charge in [-0.2, -0.15) is 0 Å². The van der Waals surface area contributed by atoms with Gasteiger partial charge in [0, 0.05) is 19.2 Å². The van der Waals surface area contributed by atoms with Crippen LogP contribution in [0.5, 0.6) is 0 Å². The van der Waals surface area contributed by atoms with E-state index >= 15 is 0 Å². The molecule has 0 aliphatic carbocycles. The zero-order valence-electron chi connectivity index (χ0n) is 13.3. The summed E-state index contributed by atoms with van der Waals surface area (Å²) in [5.74, 6) is -0.159. The number of rotatable bonds is 3. The van der Waals surface area contributed by atoms with Crippen LogP contribution < -0.4 is 10.6 Å². The van der Waals surface area contributed by atoms with E-state index < -0.39 is 0 Å². The second-order valence-electron chi connectivity index (χ2n) is 6.34. The van der Waals surface area contributed by atoms with E-state index in [0.29, 0.717) is 25.1 Å². The Hall–Kier alpha value is -2.41. The van der Waals surface area contributed by atoms with Gasteiger partial charge in [-0.3, -0.25) is 14.0 Å². The lowest BCUT2D eigenvalue weighted by Gasteiger charge is -2.36. The number of piperidine rings is 1. The molecular formula is C17H20N4O3. The fourth-order valence-corrected chi connectivity index (χ4v) is 3.57. The van der Waals surface area contributed by atoms with Gasteiger partial charge in [0.05, 0.1) is 24.4 Å². The van der Waals surface area contributed by atoms with E-state index in [0.717, 1.165) is 18.5 Å². The highest BCUT2D eigenvalue weighted by atomic mass is 16.5. The van der Waals surface area contributed by atoms with Gasteiger partial charge >= 0.3 is 0 Å². The van der Waals surface area contributed by atoms with Gasteiger partial charge in [-0.25, -0.2) is 4.98 Å². The van der Waals surface area contributed by atoms with Crippen LogP contribution in [0.3, 0.4) is 0 Å². The molecule has 2 aliphatic heterocycles. The molecular weight excluding hydrogens is 308 g/mol. The van der Waals surface area contributed by atoms with Gasteiger partial charge in [-0.1, -0.05) is 6.07 Å². The first kappa shape index (κ1) is 15.1. The summed E-state index contributed by atoms with van der Waals surface area (Å²) >= 11 is 0. The van der Waals surface area contributed by atoms with Crippen LogP contribution in [0, 0.1) is 0 Å². The van der Waals surface area contributed by atoms with Crippen LogP contribution in [0.1, 0.15) is 36.2 Å². The molecule has 2 aromatic rings. The number of fused-ring (bicyclic) bond motifs is 1. The average Bonchev–Trinajstić information content (AvgIpc) is 3.25. The van der Waals surface area contributed by atoms with Gasteiger partial charge in [0.2, 0.25) is 5.91 Å². The van der Waals surface area contributed by atoms with Gasteiger partial charge in [0.15, 0.2) is 0 Å². The van der Waals surface area contributed by atoms with E-state index in [9.17, 15) is 9.59 Å². The van der Waals surface area contributed by atoms with Crippen molar-refractivity contribution in [2.24, 2.45) is 0 Å². The minimum Gasteiger partial charge on any atom is -0.376 e. The number of ether oxygens (including phenoxy) is 1. The minimum absolute atomic E-state index is 0.0239. The van der Waals surface area contributed by atoms with E-state index in [1.165, 1.54) is 0 Å². The van der Waals surface area contributed by atoms with Crippen molar-refractivity contribution in [1.29, 1.82) is 0 Å². The third-order valence-corrected chi connectivity index (χ3v) is 4.78. The number of carbonyl (C=O) groups excluding carboxylic acids is 2. The van der Waals surface area contributed by atoms with Crippen LogP contribution in [-0.2, 0) is 9.53 Å². The van der Waals surface area contributed by atoms with Crippen molar-refractivity contribution in [1.82, 2.24) is 20.0 Å². The Balaban J connectivity index is 1.53. The Kier molecular flexibility index (Phi) is 3.93. The maximum Gasteiger partial charge on any atom is 0.270 e. The van der Waals surface area contributed by atoms with Crippen LogP contribution in [-0.4, -0.2) is 46.0 Å². The quantitative estimate of drug-likeness (QED) is 0.876. The zero-order valence-corrected chi connectivity index (χ0v) is 13.3. The van der Waals surface area contributed by atoms with Crippen molar-refractivity contribution in [3.05, 3.63) is 36.3 Å². The van der Waals surface area contributed by atoms with E-state index in [2.05, 4.69) is 15.6 Å². The van der Waals surface area contributed by atoms with E-state index in [1.807, 2.05) is 24.4 Å². The number of nitrogens with zero attached hydrogens (tertiary/aromatic N) is 2. The smallest absolute Gasteiger partial charge is 0.270 e. The SMILES string of the molecule is O=C1CC[C@H](NC(=O)c2cnc3ccccn23)[C@@H](C2CCCO2)N1. The highest BCUT2D eigenvalue weighted by Gasteiger charge is 2.37. The predicted molar refractivity (Wildman–Crippen MR) is 86.6 cm³/mol. The first-order valence-electron chi connectivity index (χ1n) is 8.36. The summed E-state index contributed by atoms with van der Waals surface area (Å²) in [6.45, 7) is 0.713. The van der Waals surface area contributed by atoms with Crippen LogP contribution in [0.25, 0.3) is 5.65 Å². The molecule has 7 nitrogen and oxygen atoms in total. The van der Waals surface area contributed by atoms with Gasteiger partial charge in [0.25, 0.3) is 5.91 Å². The lowest BCUT2D eigenvalue weighted by atomic mass is 9.92. The fraction of sp³-hybridized carbons (Fsp3) is 0.471. The standard InChI is InChI=1S/C17H20N4O3/c22-15-7-6-11(16(20-15)13-4-3-9-24-13)19-17(23)12-10-18-14-5-1-2-8-21(12)14/h1-2,5,8,10-11,13,16H,3-4,6-7,9H2,(H,19,23)(H,20,22)/t11-,13?,16-/m0/s1. The van der Waals surface area contributed by atoms with Crippen molar-refractivity contribution in [2.45, 2.75) is 43.9 Å². The van der Waals surface area contributed by atoms with Crippen molar-refractivity contribution in [3.8, 4) is 0 Å². The first-order valence-corrected chi connectivity index (χ1v) is 8.36. The van der Waals surface area contributed by atoms with Crippen molar-refractivity contribution in [2.75, 3.05) is 6.61 Å².